The molecule has 0 fully saturated rings. The van der Waals surface area contributed by atoms with Gasteiger partial charge in [-0.25, -0.2) is 9.78 Å². The minimum atomic E-state index is -4.24. The predicted molar refractivity (Wildman–Crippen MR) is 38.7 cm³/mol. The van der Waals surface area contributed by atoms with Crippen LogP contribution >= 0.6 is 0 Å². The monoisotopic (exact) mass is 207 g/mol. The Morgan fingerprint density at radius 2 is 2.23 bits per heavy atom. The summed E-state index contributed by atoms with van der Waals surface area (Å²) in [5.74, 6) is -2.52. The summed E-state index contributed by atoms with van der Waals surface area (Å²) in [6.07, 6.45) is 0.794. The van der Waals surface area contributed by atoms with Gasteiger partial charge in [0.15, 0.2) is 11.4 Å². The van der Waals surface area contributed by atoms with Crippen LogP contribution in [0.25, 0.3) is 0 Å². The van der Waals surface area contributed by atoms with E-state index in [-0.39, 0.29) is 5.89 Å². The molecule has 0 aliphatic rings. The molecule has 0 amide bonds. The molecule has 0 atom stereocenters. The number of oxazole rings is 1. The number of carboxylic acids is 1. The number of carboxylic acid groups (broad SMARTS) is 1. The second-order valence-corrected chi connectivity index (χ2v) is 3.61. The van der Waals surface area contributed by atoms with Crippen molar-refractivity contribution >= 4 is 16.1 Å². The van der Waals surface area contributed by atoms with E-state index in [9.17, 15) is 13.2 Å². The van der Waals surface area contributed by atoms with E-state index in [4.69, 9.17) is 9.66 Å². The number of aromatic carboxylic acids is 1. The molecule has 7 nitrogen and oxygen atoms in total. The van der Waals surface area contributed by atoms with Gasteiger partial charge < -0.3 is 9.52 Å². The Hall–Kier alpha value is -1.41. The van der Waals surface area contributed by atoms with E-state index in [1.165, 1.54) is 0 Å². The van der Waals surface area contributed by atoms with Gasteiger partial charge in [-0.05, 0) is 0 Å². The van der Waals surface area contributed by atoms with Gasteiger partial charge in [-0.1, -0.05) is 0 Å². The van der Waals surface area contributed by atoms with Gasteiger partial charge in [0.05, 0.1) is 0 Å². The van der Waals surface area contributed by atoms with Crippen LogP contribution in [-0.4, -0.2) is 29.0 Å². The highest BCUT2D eigenvalue weighted by Crippen LogP contribution is 2.05. The van der Waals surface area contributed by atoms with Gasteiger partial charge in [0.1, 0.15) is 6.26 Å². The quantitative estimate of drug-likeness (QED) is 0.656. The van der Waals surface area contributed by atoms with Crippen molar-refractivity contribution in [3.8, 4) is 0 Å². The van der Waals surface area contributed by atoms with Gasteiger partial charge in [-0.15, -0.1) is 0 Å². The van der Waals surface area contributed by atoms with Gasteiger partial charge in [0.2, 0.25) is 5.89 Å². The number of hydrogen-bond donors (Lipinski definition) is 2. The SMILES string of the molecule is O=C(O)c1coc(CS(=O)(=O)O)n1. The van der Waals surface area contributed by atoms with Gasteiger partial charge >= 0.3 is 5.97 Å². The molecule has 1 rings (SSSR count). The van der Waals surface area contributed by atoms with Crippen LogP contribution < -0.4 is 0 Å². The molecule has 8 heteroatoms. The van der Waals surface area contributed by atoms with Crippen molar-refractivity contribution in [2.75, 3.05) is 0 Å². The standard InChI is InChI=1S/C5H5NO6S/c7-5(8)3-1-12-4(6-3)2-13(9,10)11/h1H,2H2,(H,7,8)(H,9,10,11). The molecule has 1 heterocycles. The Morgan fingerprint density at radius 3 is 2.62 bits per heavy atom. The highest BCUT2D eigenvalue weighted by molar-refractivity contribution is 7.84. The smallest absolute Gasteiger partial charge is 0.357 e. The average Bonchev–Trinajstić information content (AvgIpc) is 2.31. The second kappa shape index (κ2) is 3.15. The van der Waals surface area contributed by atoms with Crippen LogP contribution in [0, 0.1) is 0 Å². The molecular formula is C5H5NO6S. The van der Waals surface area contributed by atoms with Gasteiger partial charge in [0.25, 0.3) is 10.1 Å². The molecule has 0 aromatic carbocycles. The Kier molecular flexibility index (Phi) is 2.34. The zero-order chi connectivity index (χ0) is 10.1. The maximum atomic E-state index is 10.3. The van der Waals surface area contributed by atoms with Gasteiger partial charge in [-0.2, -0.15) is 8.42 Å². The van der Waals surface area contributed by atoms with Gasteiger partial charge in [-0.3, -0.25) is 4.55 Å². The average molecular weight is 207 g/mol. The van der Waals surface area contributed by atoms with Crippen molar-refractivity contribution in [3.63, 3.8) is 0 Å². The first-order valence-electron chi connectivity index (χ1n) is 3.01. The van der Waals surface area contributed by atoms with Crippen molar-refractivity contribution in [2.45, 2.75) is 5.75 Å². The third-order valence-electron chi connectivity index (χ3n) is 1.08. The topological polar surface area (TPSA) is 118 Å². The summed E-state index contributed by atoms with van der Waals surface area (Å²) in [5.41, 5.74) is -0.404. The third kappa shape index (κ3) is 2.84. The number of nitrogens with zero attached hydrogens (tertiary/aromatic N) is 1. The van der Waals surface area contributed by atoms with Crippen LogP contribution in [0.15, 0.2) is 10.7 Å². The molecule has 0 saturated carbocycles. The van der Waals surface area contributed by atoms with E-state index in [1.807, 2.05) is 0 Å². The number of carbonyl (C=O) groups is 1. The predicted octanol–water partition coefficient (Wildman–Crippen LogP) is -0.239. The molecule has 0 bridgehead atoms. The van der Waals surface area contributed by atoms with Crippen molar-refractivity contribution in [1.29, 1.82) is 0 Å². The summed E-state index contributed by atoms with van der Waals surface area (Å²) in [6.45, 7) is 0. The largest absolute Gasteiger partial charge is 0.476 e. The second-order valence-electron chi connectivity index (χ2n) is 2.16. The van der Waals surface area contributed by atoms with Crippen molar-refractivity contribution in [2.24, 2.45) is 0 Å². The molecule has 1 aromatic heterocycles. The Bertz CT molecular complexity index is 418. The zero-order valence-electron chi connectivity index (χ0n) is 6.17. The highest BCUT2D eigenvalue weighted by Gasteiger charge is 2.15. The Labute approximate surface area is 72.8 Å². The molecular weight excluding hydrogens is 202 g/mol. The Morgan fingerprint density at radius 1 is 1.62 bits per heavy atom. The van der Waals surface area contributed by atoms with Crippen molar-refractivity contribution < 1.29 is 27.3 Å². The Balaban J connectivity index is 2.87. The molecule has 2 N–H and O–H groups in total. The molecule has 13 heavy (non-hydrogen) atoms. The van der Waals surface area contributed by atoms with Crippen molar-refractivity contribution in [1.82, 2.24) is 4.98 Å². The molecule has 0 spiro atoms. The molecule has 0 saturated heterocycles. The third-order valence-corrected chi connectivity index (χ3v) is 1.69. The molecule has 0 aliphatic heterocycles. The fraction of sp³-hybridized carbons (Fsp3) is 0.200. The highest BCUT2D eigenvalue weighted by atomic mass is 32.2. The number of aromatic nitrogens is 1. The van der Waals surface area contributed by atoms with E-state index >= 15 is 0 Å². The molecule has 0 radical (unpaired) electrons. The summed E-state index contributed by atoms with van der Waals surface area (Å²) in [4.78, 5) is 13.5. The summed E-state index contributed by atoms with van der Waals surface area (Å²) >= 11 is 0. The number of hydrogen-bond acceptors (Lipinski definition) is 5. The van der Waals surface area contributed by atoms with Gasteiger partial charge in [0, 0.05) is 0 Å². The van der Waals surface area contributed by atoms with E-state index < -0.39 is 27.5 Å². The van der Waals surface area contributed by atoms with Crippen LogP contribution in [0.3, 0.4) is 0 Å². The van der Waals surface area contributed by atoms with E-state index in [2.05, 4.69) is 9.40 Å². The lowest BCUT2D eigenvalue weighted by molar-refractivity contribution is 0.0690. The van der Waals surface area contributed by atoms with E-state index in [1.54, 1.807) is 0 Å². The lowest BCUT2D eigenvalue weighted by atomic mass is 10.5. The summed E-state index contributed by atoms with van der Waals surface area (Å²) in [5, 5.41) is 8.36. The van der Waals surface area contributed by atoms with Crippen LogP contribution in [0.1, 0.15) is 16.4 Å². The van der Waals surface area contributed by atoms with Crippen LogP contribution in [0.5, 0.6) is 0 Å². The summed E-state index contributed by atoms with van der Waals surface area (Å²) in [6, 6.07) is 0. The first kappa shape index (κ1) is 9.68. The van der Waals surface area contributed by atoms with E-state index in [0.717, 1.165) is 6.26 Å². The maximum Gasteiger partial charge on any atom is 0.357 e. The fourth-order valence-electron chi connectivity index (χ4n) is 0.631. The summed E-state index contributed by atoms with van der Waals surface area (Å²) in [7, 11) is -4.24. The number of rotatable bonds is 3. The minimum absolute atomic E-state index is 0.361. The first-order chi connectivity index (χ1) is 5.88. The van der Waals surface area contributed by atoms with Crippen LogP contribution in [-0.2, 0) is 15.9 Å². The molecule has 72 valence electrons. The lowest BCUT2D eigenvalue weighted by Crippen LogP contribution is -2.03. The fourth-order valence-corrected chi connectivity index (χ4v) is 1.08. The van der Waals surface area contributed by atoms with Crippen molar-refractivity contribution in [3.05, 3.63) is 17.8 Å². The molecule has 0 aliphatic carbocycles. The summed E-state index contributed by atoms with van der Waals surface area (Å²) < 4.78 is 33.4. The zero-order valence-corrected chi connectivity index (χ0v) is 6.98. The van der Waals surface area contributed by atoms with E-state index in [0.29, 0.717) is 0 Å². The molecule has 0 unspecified atom stereocenters. The first-order valence-corrected chi connectivity index (χ1v) is 4.62. The van der Waals surface area contributed by atoms with Crippen LogP contribution in [0.4, 0.5) is 0 Å². The lowest BCUT2D eigenvalue weighted by Gasteiger charge is -1.88. The van der Waals surface area contributed by atoms with Crippen LogP contribution in [0.2, 0.25) is 0 Å². The minimum Gasteiger partial charge on any atom is -0.476 e. The molecule has 1 aromatic rings. The normalized spacial score (nSPS) is 11.5. The maximum absolute atomic E-state index is 10.3.